The molecule has 0 spiro atoms. The zero-order valence-electron chi connectivity index (χ0n) is 9.29. The first-order valence-electron chi connectivity index (χ1n) is 5.35. The maximum Gasteiger partial charge on any atom is 0.244 e. The Hall–Kier alpha value is -1.31. The molecule has 90 valence electrons. The van der Waals surface area contributed by atoms with Crippen molar-refractivity contribution < 1.29 is 9.26 Å². The van der Waals surface area contributed by atoms with Gasteiger partial charge in [-0.15, -0.1) is 11.3 Å². The van der Waals surface area contributed by atoms with Gasteiger partial charge < -0.3 is 14.6 Å². The van der Waals surface area contributed by atoms with E-state index < -0.39 is 0 Å². The van der Waals surface area contributed by atoms with Gasteiger partial charge in [0.15, 0.2) is 0 Å². The molecule has 0 unspecified atom stereocenters. The first-order valence-corrected chi connectivity index (χ1v) is 6.23. The summed E-state index contributed by atoms with van der Waals surface area (Å²) in [5.74, 6) is 1.22. The van der Waals surface area contributed by atoms with Gasteiger partial charge in [-0.3, -0.25) is 4.98 Å². The molecule has 0 amide bonds. The minimum absolute atomic E-state index is 0.0918. The summed E-state index contributed by atoms with van der Waals surface area (Å²) >= 11 is 1.50. The molecule has 1 aliphatic heterocycles. The van der Waals surface area contributed by atoms with Crippen molar-refractivity contribution in [1.82, 2.24) is 20.4 Å². The average molecular weight is 252 g/mol. The third kappa shape index (κ3) is 2.08. The summed E-state index contributed by atoms with van der Waals surface area (Å²) in [6, 6.07) is 0.0918. The van der Waals surface area contributed by atoms with E-state index in [1.807, 2.05) is 0 Å². The molecule has 0 aromatic carbocycles. The highest BCUT2D eigenvalue weighted by Gasteiger charge is 2.29. The molecule has 0 bridgehead atoms. The molecule has 2 atom stereocenters. The predicted molar refractivity (Wildman–Crippen MR) is 61.6 cm³/mol. The van der Waals surface area contributed by atoms with Crippen LogP contribution in [-0.4, -0.2) is 34.9 Å². The van der Waals surface area contributed by atoms with Crippen LogP contribution in [0.4, 0.5) is 0 Å². The first kappa shape index (κ1) is 10.8. The predicted octanol–water partition coefficient (Wildman–Crippen LogP) is 1.24. The highest BCUT2D eigenvalue weighted by molar-refractivity contribution is 7.13. The Morgan fingerprint density at radius 3 is 3.24 bits per heavy atom. The maximum atomic E-state index is 5.28. The summed E-state index contributed by atoms with van der Waals surface area (Å²) in [6.45, 7) is 0.819. The molecule has 7 heteroatoms. The quantitative estimate of drug-likeness (QED) is 0.886. The van der Waals surface area contributed by atoms with Crippen LogP contribution in [0.25, 0.3) is 10.7 Å². The third-order valence-electron chi connectivity index (χ3n) is 2.82. The monoisotopic (exact) mass is 252 g/mol. The summed E-state index contributed by atoms with van der Waals surface area (Å²) in [5, 5.41) is 7.26. The van der Waals surface area contributed by atoms with Crippen molar-refractivity contribution in [3.05, 3.63) is 17.6 Å². The fourth-order valence-electron chi connectivity index (χ4n) is 1.87. The zero-order chi connectivity index (χ0) is 11.7. The van der Waals surface area contributed by atoms with Gasteiger partial charge in [0.1, 0.15) is 0 Å². The van der Waals surface area contributed by atoms with Gasteiger partial charge in [-0.1, -0.05) is 5.16 Å². The van der Waals surface area contributed by atoms with E-state index in [2.05, 4.69) is 20.4 Å². The van der Waals surface area contributed by atoms with Gasteiger partial charge in [-0.25, -0.2) is 0 Å². The van der Waals surface area contributed by atoms with E-state index in [-0.39, 0.29) is 12.1 Å². The molecule has 0 saturated carbocycles. The van der Waals surface area contributed by atoms with Crippen LogP contribution >= 0.6 is 11.3 Å². The number of ether oxygens (including phenoxy) is 1. The van der Waals surface area contributed by atoms with Crippen molar-refractivity contribution in [2.45, 2.75) is 18.6 Å². The van der Waals surface area contributed by atoms with Gasteiger partial charge in [-0.2, -0.15) is 4.98 Å². The molecule has 2 aromatic rings. The molecule has 3 rings (SSSR count). The van der Waals surface area contributed by atoms with Crippen molar-refractivity contribution >= 4 is 11.3 Å². The van der Waals surface area contributed by atoms with Crippen LogP contribution in [0.5, 0.6) is 0 Å². The number of thiazole rings is 1. The largest absolute Gasteiger partial charge is 0.380 e. The minimum Gasteiger partial charge on any atom is -0.380 e. The van der Waals surface area contributed by atoms with Gasteiger partial charge in [0.05, 0.1) is 22.5 Å². The number of methoxy groups -OCH3 is 1. The van der Waals surface area contributed by atoms with Crippen LogP contribution in [0.3, 0.4) is 0 Å². The molecule has 6 nitrogen and oxygen atoms in total. The van der Waals surface area contributed by atoms with Crippen molar-refractivity contribution in [3.63, 3.8) is 0 Å². The van der Waals surface area contributed by atoms with Crippen LogP contribution < -0.4 is 5.32 Å². The van der Waals surface area contributed by atoms with Crippen LogP contribution in [0.1, 0.15) is 18.4 Å². The lowest BCUT2D eigenvalue weighted by Gasteiger charge is -2.04. The van der Waals surface area contributed by atoms with E-state index in [4.69, 9.17) is 9.26 Å². The highest BCUT2D eigenvalue weighted by atomic mass is 32.1. The maximum absolute atomic E-state index is 5.28. The molecule has 17 heavy (non-hydrogen) atoms. The second kappa shape index (κ2) is 4.52. The standard InChI is InChI=1S/C10H12N4O2S/c1-15-6-2-7(12-3-6)10-13-9(14-16-10)8-4-11-5-17-8/h4-7,12H,2-3H2,1H3/t6-,7+/m0/s1. The average Bonchev–Trinajstić information content (AvgIpc) is 3.09. The second-order valence-electron chi connectivity index (χ2n) is 3.88. The molecule has 1 N–H and O–H groups in total. The van der Waals surface area contributed by atoms with Crippen molar-refractivity contribution in [2.24, 2.45) is 0 Å². The number of hydrogen-bond acceptors (Lipinski definition) is 7. The van der Waals surface area contributed by atoms with Crippen LogP contribution in [-0.2, 0) is 4.74 Å². The summed E-state index contributed by atoms with van der Waals surface area (Å²) in [6.07, 6.45) is 2.82. The molecular formula is C10H12N4O2S. The summed E-state index contributed by atoms with van der Waals surface area (Å²) in [4.78, 5) is 9.29. The van der Waals surface area contributed by atoms with E-state index >= 15 is 0 Å². The number of nitrogens with zero attached hydrogens (tertiary/aromatic N) is 3. The van der Waals surface area contributed by atoms with Crippen molar-refractivity contribution in [1.29, 1.82) is 0 Å². The van der Waals surface area contributed by atoms with Gasteiger partial charge in [0.25, 0.3) is 0 Å². The van der Waals surface area contributed by atoms with E-state index in [1.54, 1.807) is 18.8 Å². The molecule has 1 fully saturated rings. The Kier molecular flexibility index (Phi) is 2.87. The van der Waals surface area contributed by atoms with Crippen LogP contribution in [0, 0.1) is 0 Å². The van der Waals surface area contributed by atoms with Crippen LogP contribution in [0.2, 0.25) is 0 Å². The Balaban J connectivity index is 1.77. The number of hydrogen-bond donors (Lipinski definition) is 1. The summed E-state index contributed by atoms with van der Waals surface area (Å²) in [7, 11) is 1.71. The first-order chi connectivity index (χ1) is 8.36. The van der Waals surface area contributed by atoms with E-state index in [1.165, 1.54) is 11.3 Å². The van der Waals surface area contributed by atoms with Gasteiger partial charge in [0, 0.05) is 19.9 Å². The van der Waals surface area contributed by atoms with Crippen LogP contribution in [0.15, 0.2) is 16.2 Å². The minimum atomic E-state index is 0.0918. The van der Waals surface area contributed by atoms with E-state index in [0.29, 0.717) is 11.7 Å². The number of nitrogens with one attached hydrogen (secondary N) is 1. The zero-order valence-corrected chi connectivity index (χ0v) is 10.1. The smallest absolute Gasteiger partial charge is 0.244 e. The molecular weight excluding hydrogens is 240 g/mol. The Morgan fingerprint density at radius 1 is 1.59 bits per heavy atom. The summed E-state index contributed by atoms with van der Waals surface area (Å²) in [5.41, 5.74) is 1.75. The molecule has 0 radical (unpaired) electrons. The van der Waals surface area contributed by atoms with Gasteiger partial charge in [0.2, 0.25) is 11.7 Å². The normalized spacial score (nSPS) is 24.3. The second-order valence-corrected chi connectivity index (χ2v) is 4.76. The van der Waals surface area contributed by atoms with E-state index in [0.717, 1.165) is 17.8 Å². The van der Waals surface area contributed by atoms with Crippen molar-refractivity contribution in [2.75, 3.05) is 13.7 Å². The highest BCUT2D eigenvalue weighted by Crippen LogP contribution is 2.26. The van der Waals surface area contributed by atoms with Gasteiger partial charge in [-0.05, 0) is 6.42 Å². The Labute approximate surface area is 102 Å². The fraction of sp³-hybridized carbons (Fsp3) is 0.500. The summed E-state index contributed by atoms with van der Waals surface area (Å²) < 4.78 is 10.5. The SMILES string of the molecule is CO[C@@H]1CN[C@@H](c2nc(-c3cncs3)no2)C1. The molecule has 1 aliphatic rings. The van der Waals surface area contributed by atoms with E-state index in [9.17, 15) is 0 Å². The lowest BCUT2D eigenvalue weighted by Crippen LogP contribution is -2.16. The lowest BCUT2D eigenvalue weighted by molar-refractivity contribution is 0.116. The molecule has 3 heterocycles. The topological polar surface area (TPSA) is 73.1 Å². The molecule has 1 saturated heterocycles. The Bertz CT molecular complexity index is 484. The molecule has 0 aliphatic carbocycles. The van der Waals surface area contributed by atoms with Gasteiger partial charge >= 0.3 is 0 Å². The lowest BCUT2D eigenvalue weighted by atomic mass is 10.2. The third-order valence-corrected chi connectivity index (χ3v) is 3.59. The van der Waals surface area contributed by atoms with Crippen molar-refractivity contribution in [3.8, 4) is 10.7 Å². The molecule has 2 aromatic heterocycles. The number of rotatable bonds is 3. The number of aromatic nitrogens is 3. The fourth-order valence-corrected chi connectivity index (χ4v) is 2.42. The Morgan fingerprint density at radius 2 is 2.53 bits per heavy atom.